The maximum absolute atomic E-state index is 14.2. The highest BCUT2D eigenvalue weighted by atomic mass is 32.2. The van der Waals surface area contributed by atoms with Crippen LogP contribution in [0.15, 0.2) is 10.6 Å². The number of benzene rings is 1. The second-order valence-electron chi connectivity index (χ2n) is 5.42. The lowest BCUT2D eigenvalue weighted by molar-refractivity contribution is -0.109. The summed E-state index contributed by atoms with van der Waals surface area (Å²) in [6.07, 6.45) is -0.947. The number of rotatable bonds is 5. The molecule has 0 radical (unpaired) electrons. The quantitative estimate of drug-likeness (QED) is 0.879. The van der Waals surface area contributed by atoms with Gasteiger partial charge in [-0.25, -0.2) is 4.39 Å². The lowest BCUT2D eigenvalue weighted by Gasteiger charge is -2.13. The van der Waals surface area contributed by atoms with Gasteiger partial charge in [0.05, 0.1) is 18.6 Å². The predicted octanol–water partition coefficient (Wildman–Crippen LogP) is 3.23. The predicted molar refractivity (Wildman–Crippen MR) is 84.8 cm³/mol. The first-order valence-electron chi connectivity index (χ1n) is 7.37. The monoisotopic (exact) mass is 358 g/mol. The Morgan fingerprint density at radius 2 is 2.12 bits per heavy atom. The molecule has 2 aromatic rings. The number of thioether (sulfide) groups is 1. The van der Waals surface area contributed by atoms with Crippen molar-refractivity contribution in [1.29, 1.82) is 0 Å². The van der Waals surface area contributed by atoms with Gasteiger partial charge in [-0.05, 0) is 13.0 Å². The molecule has 1 aliphatic rings. The molecule has 9 heteroatoms. The first kappa shape index (κ1) is 17.1. The summed E-state index contributed by atoms with van der Waals surface area (Å²) in [4.78, 5) is 11.0. The third-order valence-electron chi connectivity index (χ3n) is 3.47. The molecule has 0 spiro atoms. The standard InChI is InChI=1S/C15H16F2N2O4S/c1-7(6-24-8(2)20)18-14-10-5-9(15-21-3-4-22-15)11(16)12(17)13(10)23-19-14/h5,7,15H,3-4,6H2,1-2H3,(H,18,19). The largest absolute Gasteiger partial charge is 0.363 e. The van der Waals surface area contributed by atoms with E-state index in [-0.39, 0.29) is 28.1 Å². The summed E-state index contributed by atoms with van der Waals surface area (Å²) in [6.45, 7) is 3.96. The Morgan fingerprint density at radius 3 is 2.79 bits per heavy atom. The average Bonchev–Trinajstić information content (AvgIpc) is 3.19. The molecule has 1 aliphatic heterocycles. The molecule has 1 aromatic carbocycles. The van der Waals surface area contributed by atoms with Crippen molar-refractivity contribution in [2.45, 2.75) is 26.2 Å². The van der Waals surface area contributed by atoms with Crippen LogP contribution in [0.2, 0.25) is 0 Å². The van der Waals surface area contributed by atoms with Crippen LogP contribution >= 0.6 is 11.8 Å². The normalized spacial score (nSPS) is 16.7. The minimum Gasteiger partial charge on any atom is -0.363 e. The molecule has 0 saturated carbocycles. The Kier molecular flexibility index (Phi) is 5.02. The molecule has 1 N–H and O–H groups in total. The number of ether oxygens (including phenoxy) is 2. The summed E-state index contributed by atoms with van der Waals surface area (Å²) in [7, 11) is 0. The first-order chi connectivity index (χ1) is 11.5. The van der Waals surface area contributed by atoms with E-state index in [2.05, 4.69) is 10.5 Å². The number of anilines is 1. The second-order valence-corrected chi connectivity index (χ2v) is 6.62. The summed E-state index contributed by atoms with van der Waals surface area (Å²) < 4.78 is 43.8. The molecule has 1 atom stereocenters. The number of hydrogen-bond acceptors (Lipinski definition) is 7. The molecule has 1 saturated heterocycles. The van der Waals surface area contributed by atoms with Crippen LogP contribution in [0.1, 0.15) is 25.7 Å². The third kappa shape index (κ3) is 3.38. The zero-order valence-corrected chi connectivity index (χ0v) is 13.9. The van der Waals surface area contributed by atoms with E-state index in [1.165, 1.54) is 13.0 Å². The van der Waals surface area contributed by atoms with Crippen LogP contribution in [0.3, 0.4) is 0 Å². The van der Waals surface area contributed by atoms with E-state index in [1.807, 2.05) is 6.92 Å². The van der Waals surface area contributed by atoms with Crippen molar-refractivity contribution in [3.05, 3.63) is 23.3 Å². The molecule has 3 rings (SSSR count). The topological polar surface area (TPSA) is 73.6 Å². The highest BCUT2D eigenvalue weighted by Crippen LogP contribution is 2.34. The number of aromatic nitrogens is 1. The third-order valence-corrected chi connectivity index (χ3v) is 4.54. The van der Waals surface area contributed by atoms with E-state index in [0.29, 0.717) is 24.4 Å². The molecule has 24 heavy (non-hydrogen) atoms. The number of fused-ring (bicyclic) bond motifs is 1. The van der Waals surface area contributed by atoms with E-state index >= 15 is 0 Å². The fourth-order valence-corrected chi connectivity index (χ4v) is 2.93. The van der Waals surface area contributed by atoms with Gasteiger partial charge in [0.25, 0.3) is 0 Å². The molecule has 130 valence electrons. The van der Waals surface area contributed by atoms with Crippen LogP contribution in [-0.4, -0.2) is 35.3 Å². The van der Waals surface area contributed by atoms with Gasteiger partial charge in [0.15, 0.2) is 23.0 Å². The summed E-state index contributed by atoms with van der Waals surface area (Å²) in [5.41, 5.74) is -0.308. The number of halogens is 2. The maximum atomic E-state index is 14.2. The van der Waals surface area contributed by atoms with Crippen molar-refractivity contribution in [1.82, 2.24) is 5.16 Å². The fourth-order valence-electron chi connectivity index (χ4n) is 2.37. The molecular formula is C15H16F2N2O4S. The Bertz CT molecular complexity index is 762. The number of hydrogen-bond donors (Lipinski definition) is 1. The van der Waals surface area contributed by atoms with Crippen molar-refractivity contribution in [2.24, 2.45) is 0 Å². The molecule has 1 fully saturated rings. The van der Waals surface area contributed by atoms with E-state index in [4.69, 9.17) is 14.0 Å². The smallest absolute Gasteiger partial charge is 0.207 e. The fraction of sp³-hybridized carbons (Fsp3) is 0.467. The van der Waals surface area contributed by atoms with Crippen molar-refractivity contribution < 1.29 is 27.6 Å². The van der Waals surface area contributed by atoms with Gasteiger partial charge in [-0.3, -0.25) is 4.79 Å². The van der Waals surface area contributed by atoms with Crippen molar-refractivity contribution in [3.63, 3.8) is 0 Å². The van der Waals surface area contributed by atoms with Crippen molar-refractivity contribution >= 4 is 33.7 Å². The zero-order valence-electron chi connectivity index (χ0n) is 13.1. The van der Waals surface area contributed by atoms with Gasteiger partial charge in [0, 0.05) is 24.3 Å². The number of nitrogens with one attached hydrogen (secondary N) is 1. The maximum Gasteiger partial charge on any atom is 0.207 e. The number of nitrogens with zero attached hydrogens (tertiary/aromatic N) is 1. The molecule has 6 nitrogen and oxygen atoms in total. The molecule has 1 unspecified atom stereocenters. The molecule has 1 aromatic heterocycles. The second kappa shape index (κ2) is 7.04. The van der Waals surface area contributed by atoms with Crippen LogP contribution in [0.5, 0.6) is 0 Å². The lowest BCUT2D eigenvalue weighted by Crippen LogP contribution is -2.19. The Labute approximate surface area is 140 Å². The van der Waals surface area contributed by atoms with Crippen LogP contribution in [0, 0.1) is 11.6 Å². The Morgan fingerprint density at radius 1 is 1.42 bits per heavy atom. The Hall–Kier alpha value is -1.71. The highest BCUT2D eigenvalue weighted by molar-refractivity contribution is 8.13. The van der Waals surface area contributed by atoms with Gasteiger partial charge in [-0.1, -0.05) is 16.9 Å². The van der Waals surface area contributed by atoms with Gasteiger partial charge >= 0.3 is 0 Å². The van der Waals surface area contributed by atoms with Crippen LogP contribution < -0.4 is 5.32 Å². The van der Waals surface area contributed by atoms with Gasteiger partial charge < -0.3 is 19.3 Å². The molecule has 0 bridgehead atoms. The van der Waals surface area contributed by atoms with Crippen molar-refractivity contribution in [3.8, 4) is 0 Å². The van der Waals surface area contributed by atoms with Gasteiger partial charge in [-0.2, -0.15) is 4.39 Å². The first-order valence-corrected chi connectivity index (χ1v) is 8.36. The molecule has 0 amide bonds. The molecular weight excluding hydrogens is 342 g/mol. The Balaban J connectivity index is 1.90. The van der Waals surface area contributed by atoms with Crippen molar-refractivity contribution in [2.75, 3.05) is 24.3 Å². The summed E-state index contributed by atoms with van der Waals surface area (Å²) in [5, 5.41) is 7.09. The minimum atomic E-state index is -1.13. The van der Waals surface area contributed by atoms with Gasteiger partial charge in [0.2, 0.25) is 11.4 Å². The van der Waals surface area contributed by atoms with E-state index in [0.717, 1.165) is 11.8 Å². The van der Waals surface area contributed by atoms with E-state index < -0.39 is 17.9 Å². The minimum absolute atomic E-state index is 0.000376. The van der Waals surface area contributed by atoms with Gasteiger partial charge in [-0.15, -0.1) is 0 Å². The summed E-state index contributed by atoms with van der Waals surface area (Å²) >= 11 is 1.16. The summed E-state index contributed by atoms with van der Waals surface area (Å²) in [5.74, 6) is -1.42. The van der Waals surface area contributed by atoms with E-state index in [9.17, 15) is 13.6 Å². The van der Waals surface area contributed by atoms with Crippen LogP contribution in [0.4, 0.5) is 14.6 Å². The SMILES string of the molecule is CC(=O)SCC(C)Nc1noc2c(F)c(F)c(C3OCCO3)cc12. The molecule has 0 aliphatic carbocycles. The zero-order chi connectivity index (χ0) is 17.3. The highest BCUT2D eigenvalue weighted by Gasteiger charge is 2.28. The molecule has 2 heterocycles. The van der Waals surface area contributed by atoms with Crippen LogP contribution in [0.25, 0.3) is 11.0 Å². The van der Waals surface area contributed by atoms with Crippen LogP contribution in [-0.2, 0) is 14.3 Å². The number of carbonyl (C=O) groups is 1. The number of carbonyl (C=O) groups excluding carboxylic acids is 1. The lowest BCUT2D eigenvalue weighted by atomic mass is 10.1. The van der Waals surface area contributed by atoms with Gasteiger partial charge in [0.1, 0.15) is 0 Å². The van der Waals surface area contributed by atoms with E-state index in [1.54, 1.807) is 0 Å². The summed E-state index contributed by atoms with van der Waals surface area (Å²) in [6, 6.07) is 1.29. The average molecular weight is 358 g/mol.